The van der Waals surface area contributed by atoms with Crippen LogP contribution in [0.4, 0.5) is 0 Å². The predicted molar refractivity (Wildman–Crippen MR) is 104 cm³/mol. The zero-order valence-corrected chi connectivity index (χ0v) is 16.4. The van der Waals surface area contributed by atoms with Gasteiger partial charge in [0.2, 0.25) is 0 Å². The Balaban J connectivity index is 0.00000192. The maximum Gasteiger partial charge on any atom is 0.191 e. The third kappa shape index (κ3) is 4.90. The summed E-state index contributed by atoms with van der Waals surface area (Å²) in [7, 11) is 0. The standard InChI is InChI=1S/C15H22N6S.HI/c1-2-16-15(17-9-12-6-8-22-11-12)18-10-14-20-19-13-5-3-4-7-21(13)14;/h6,8,11H,2-5,7,9-10H2,1H3,(H2,16,17,18);1H. The van der Waals surface area contributed by atoms with E-state index in [-0.39, 0.29) is 24.0 Å². The lowest BCUT2D eigenvalue weighted by Gasteiger charge is -2.16. The summed E-state index contributed by atoms with van der Waals surface area (Å²) in [6, 6.07) is 2.10. The van der Waals surface area contributed by atoms with Crippen molar-refractivity contribution in [2.24, 2.45) is 4.99 Å². The molecule has 0 bridgehead atoms. The summed E-state index contributed by atoms with van der Waals surface area (Å²) in [5, 5.41) is 19.4. The third-order valence-corrected chi connectivity index (χ3v) is 4.43. The van der Waals surface area contributed by atoms with E-state index in [2.05, 4.69) is 54.1 Å². The van der Waals surface area contributed by atoms with Crippen molar-refractivity contribution in [1.29, 1.82) is 0 Å². The lowest BCUT2D eigenvalue weighted by Crippen LogP contribution is -2.37. The molecule has 0 saturated heterocycles. The lowest BCUT2D eigenvalue weighted by molar-refractivity contribution is 0.504. The van der Waals surface area contributed by atoms with E-state index >= 15 is 0 Å². The molecule has 23 heavy (non-hydrogen) atoms. The molecule has 0 aliphatic carbocycles. The number of aliphatic imine (C=N–C) groups is 1. The Morgan fingerprint density at radius 2 is 2.26 bits per heavy atom. The van der Waals surface area contributed by atoms with Gasteiger partial charge in [-0.2, -0.15) is 11.3 Å². The van der Waals surface area contributed by atoms with Gasteiger partial charge in [-0.05, 0) is 42.2 Å². The van der Waals surface area contributed by atoms with Crippen LogP contribution in [0.15, 0.2) is 21.8 Å². The van der Waals surface area contributed by atoms with Crippen LogP contribution in [0.3, 0.4) is 0 Å². The minimum atomic E-state index is 0. The highest BCUT2D eigenvalue weighted by Crippen LogP contribution is 2.14. The van der Waals surface area contributed by atoms with E-state index in [0.29, 0.717) is 13.1 Å². The first kappa shape index (κ1) is 18.2. The van der Waals surface area contributed by atoms with Crippen LogP contribution >= 0.6 is 35.3 Å². The molecule has 0 amide bonds. The highest BCUT2D eigenvalue weighted by molar-refractivity contribution is 14.0. The summed E-state index contributed by atoms with van der Waals surface area (Å²) in [6.45, 7) is 5.29. The second kappa shape index (κ2) is 9.21. The largest absolute Gasteiger partial charge is 0.357 e. The maximum atomic E-state index is 4.61. The van der Waals surface area contributed by atoms with Crippen molar-refractivity contribution in [3.8, 4) is 0 Å². The van der Waals surface area contributed by atoms with E-state index in [1.165, 1.54) is 18.4 Å². The van der Waals surface area contributed by atoms with E-state index < -0.39 is 0 Å². The molecule has 6 nitrogen and oxygen atoms in total. The molecule has 2 aromatic rings. The number of guanidine groups is 1. The molecule has 0 unspecified atom stereocenters. The van der Waals surface area contributed by atoms with Crippen LogP contribution in [-0.4, -0.2) is 27.3 Å². The molecule has 0 fully saturated rings. The molecular formula is C15H23IN6S. The highest BCUT2D eigenvalue weighted by atomic mass is 127. The van der Waals surface area contributed by atoms with Crippen molar-refractivity contribution in [2.75, 3.05) is 6.54 Å². The summed E-state index contributed by atoms with van der Waals surface area (Å²) in [5.74, 6) is 2.93. The number of nitrogens with zero attached hydrogens (tertiary/aromatic N) is 4. The predicted octanol–water partition coefficient (Wildman–Crippen LogP) is 2.55. The van der Waals surface area contributed by atoms with E-state index in [0.717, 1.165) is 37.1 Å². The Hall–Kier alpha value is -1.16. The minimum Gasteiger partial charge on any atom is -0.357 e. The van der Waals surface area contributed by atoms with Crippen LogP contribution < -0.4 is 10.6 Å². The first-order chi connectivity index (χ1) is 10.9. The fourth-order valence-electron chi connectivity index (χ4n) is 2.56. The lowest BCUT2D eigenvalue weighted by atomic mass is 10.2. The highest BCUT2D eigenvalue weighted by Gasteiger charge is 2.15. The van der Waals surface area contributed by atoms with Gasteiger partial charge in [-0.15, -0.1) is 34.2 Å². The molecular weight excluding hydrogens is 423 g/mol. The Bertz CT molecular complexity index is 622. The Labute approximate surface area is 157 Å². The van der Waals surface area contributed by atoms with Crippen molar-refractivity contribution in [3.63, 3.8) is 0 Å². The second-order valence-electron chi connectivity index (χ2n) is 5.32. The van der Waals surface area contributed by atoms with Gasteiger partial charge in [0, 0.05) is 19.5 Å². The van der Waals surface area contributed by atoms with E-state index in [1.807, 2.05) is 0 Å². The molecule has 0 aromatic carbocycles. The molecule has 0 saturated carbocycles. The molecule has 8 heteroatoms. The van der Waals surface area contributed by atoms with Gasteiger partial charge >= 0.3 is 0 Å². The minimum absolute atomic E-state index is 0. The number of halogens is 1. The normalized spacial score (nSPS) is 14.0. The van der Waals surface area contributed by atoms with Gasteiger partial charge in [-0.25, -0.2) is 4.99 Å². The third-order valence-electron chi connectivity index (χ3n) is 3.69. The average Bonchev–Trinajstić information content (AvgIpc) is 3.20. The van der Waals surface area contributed by atoms with Gasteiger partial charge in [0.05, 0.1) is 13.1 Å². The Morgan fingerprint density at radius 3 is 3.04 bits per heavy atom. The molecule has 1 aliphatic heterocycles. The molecule has 0 atom stereocenters. The monoisotopic (exact) mass is 446 g/mol. The van der Waals surface area contributed by atoms with Crippen LogP contribution in [0.1, 0.15) is 37.0 Å². The SMILES string of the molecule is CCNC(=NCc1ccsc1)NCc1nnc2n1CCCC2.I. The van der Waals surface area contributed by atoms with Crippen molar-refractivity contribution >= 4 is 41.3 Å². The molecule has 2 aromatic heterocycles. The molecule has 1 aliphatic rings. The maximum absolute atomic E-state index is 4.61. The molecule has 3 heterocycles. The van der Waals surface area contributed by atoms with E-state index in [9.17, 15) is 0 Å². The van der Waals surface area contributed by atoms with Crippen molar-refractivity contribution in [1.82, 2.24) is 25.4 Å². The summed E-state index contributed by atoms with van der Waals surface area (Å²) in [6.07, 6.45) is 3.47. The molecule has 0 radical (unpaired) electrons. The summed E-state index contributed by atoms with van der Waals surface area (Å²) in [4.78, 5) is 4.61. The van der Waals surface area contributed by atoms with Crippen LogP contribution in [0.2, 0.25) is 0 Å². The van der Waals surface area contributed by atoms with Gasteiger partial charge in [0.15, 0.2) is 11.8 Å². The number of rotatable bonds is 5. The zero-order chi connectivity index (χ0) is 15.2. The van der Waals surface area contributed by atoms with Crippen LogP contribution in [-0.2, 0) is 26.1 Å². The smallest absolute Gasteiger partial charge is 0.191 e. The van der Waals surface area contributed by atoms with Gasteiger partial charge in [0.1, 0.15) is 5.82 Å². The first-order valence-corrected chi connectivity index (χ1v) is 8.75. The fraction of sp³-hybridized carbons (Fsp3) is 0.533. The summed E-state index contributed by atoms with van der Waals surface area (Å²) in [5.41, 5.74) is 1.24. The summed E-state index contributed by atoms with van der Waals surface area (Å²) >= 11 is 1.70. The molecule has 126 valence electrons. The van der Waals surface area contributed by atoms with Gasteiger partial charge in [-0.3, -0.25) is 0 Å². The average molecular weight is 446 g/mol. The van der Waals surface area contributed by atoms with Crippen LogP contribution in [0, 0.1) is 0 Å². The number of aryl methyl sites for hydroxylation is 1. The van der Waals surface area contributed by atoms with E-state index in [1.54, 1.807) is 11.3 Å². The van der Waals surface area contributed by atoms with E-state index in [4.69, 9.17) is 0 Å². The topological polar surface area (TPSA) is 67.1 Å². The Kier molecular flexibility index (Phi) is 7.28. The Morgan fingerprint density at radius 1 is 1.35 bits per heavy atom. The quantitative estimate of drug-likeness (QED) is 0.421. The first-order valence-electron chi connectivity index (χ1n) is 7.81. The number of nitrogens with one attached hydrogen (secondary N) is 2. The fourth-order valence-corrected chi connectivity index (χ4v) is 3.22. The van der Waals surface area contributed by atoms with Crippen LogP contribution in [0.5, 0.6) is 0 Å². The van der Waals surface area contributed by atoms with Gasteiger partial charge in [-0.1, -0.05) is 0 Å². The van der Waals surface area contributed by atoms with Gasteiger partial charge < -0.3 is 15.2 Å². The number of hydrogen-bond acceptors (Lipinski definition) is 4. The number of fused-ring (bicyclic) bond motifs is 1. The van der Waals surface area contributed by atoms with Crippen LogP contribution in [0.25, 0.3) is 0 Å². The van der Waals surface area contributed by atoms with Gasteiger partial charge in [0.25, 0.3) is 0 Å². The van der Waals surface area contributed by atoms with Crippen molar-refractivity contribution in [2.45, 2.75) is 45.8 Å². The van der Waals surface area contributed by atoms with Crippen molar-refractivity contribution in [3.05, 3.63) is 34.0 Å². The zero-order valence-electron chi connectivity index (χ0n) is 13.3. The molecule has 0 spiro atoms. The molecule has 2 N–H and O–H groups in total. The second-order valence-corrected chi connectivity index (χ2v) is 6.10. The molecule has 3 rings (SSSR count). The number of hydrogen-bond donors (Lipinski definition) is 2. The van der Waals surface area contributed by atoms with Crippen molar-refractivity contribution < 1.29 is 0 Å². The number of aromatic nitrogens is 3. The number of thiophene rings is 1. The summed E-state index contributed by atoms with van der Waals surface area (Å²) < 4.78 is 2.24.